The molecule has 1 atom stereocenters. The summed E-state index contributed by atoms with van der Waals surface area (Å²) < 4.78 is 7.33. The van der Waals surface area contributed by atoms with Crippen molar-refractivity contribution in [3.63, 3.8) is 0 Å². The van der Waals surface area contributed by atoms with Crippen LogP contribution in [0.15, 0.2) is 47.1 Å². The molecule has 128 valence electrons. The Morgan fingerprint density at radius 1 is 1.20 bits per heavy atom. The SMILES string of the molecule is Cc1nn(C)c(C)c1[C@H]1Nc2ccccc2C(=O)N1Cc1ccco1. The average Bonchev–Trinajstić information content (AvgIpc) is 3.19. The number of carbonyl (C=O) groups is 1. The molecule has 1 aliphatic heterocycles. The lowest BCUT2D eigenvalue weighted by Crippen LogP contribution is -2.42. The van der Waals surface area contributed by atoms with E-state index in [4.69, 9.17) is 4.42 Å². The summed E-state index contributed by atoms with van der Waals surface area (Å²) in [6.07, 6.45) is 1.34. The summed E-state index contributed by atoms with van der Waals surface area (Å²) in [7, 11) is 1.92. The molecule has 1 N–H and O–H groups in total. The summed E-state index contributed by atoms with van der Waals surface area (Å²) in [5.41, 5.74) is 4.48. The predicted octanol–water partition coefficient (Wildman–Crippen LogP) is 3.40. The number of amides is 1. The van der Waals surface area contributed by atoms with E-state index in [1.807, 2.05) is 62.0 Å². The second-order valence-electron chi connectivity index (χ2n) is 6.31. The standard InChI is InChI=1S/C19H20N4O2/c1-12-17(13(2)22(3)21-12)18-20-16-9-5-4-8-15(16)19(24)23(18)11-14-7-6-10-25-14/h4-10,18,20H,11H2,1-3H3/t18-/m0/s1. The van der Waals surface area contributed by atoms with Crippen molar-refractivity contribution >= 4 is 11.6 Å². The fraction of sp³-hybridized carbons (Fsp3) is 0.263. The first-order valence-corrected chi connectivity index (χ1v) is 8.25. The molecule has 6 nitrogen and oxygen atoms in total. The Balaban J connectivity index is 1.83. The van der Waals surface area contributed by atoms with Crippen molar-refractivity contribution in [2.24, 2.45) is 7.05 Å². The van der Waals surface area contributed by atoms with Gasteiger partial charge < -0.3 is 14.6 Å². The number of aryl methyl sites for hydroxylation is 2. The molecule has 0 bridgehead atoms. The summed E-state index contributed by atoms with van der Waals surface area (Å²) in [5.74, 6) is 0.733. The van der Waals surface area contributed by atoms with Crippen molar-refractivity contribution in [1.29, 1.82) is 0 Å². The minimum absolute atomic E-state index is 0.0154. The molecule has 6 heteroatoms. The molecular weight excluding hydrogens is 316 g/mol. The summed E-state index contributed by atoms with van der Waals surface area (Å²) in [4.78, 5) is 15.0. The minimum atomic E-state index is -0.291. The van der Waals surface area contributed by atoms with Crippen molar-refractivity contribution in [3.8, 4) is 0 Å². The van der Waals surface area contributed by atoms with E-state index >= 15 is 0 Å². The number of nitrogens with one attached hydrogen (secondary N) is 1. The van der Waals surface area contributed by atoms with Crippen molar-refractivity contribution in [1.82, 2.24) is 14.7 Å². The van der Waals surface area contributed by atoms with Crippen LogP contribution in [-0.2, 0) is 13.6 Å². The molecule has 0 unspecified atom stereocenters. The largest absolute Gasteiger partial charge is 0.467 e. The van der Waals surface area contributed by atoms with E-state index in [2.05, 4.69) is 10.4 Å². The smallest absolute Gasteiger partial charge is 0.258 e. The molecule has 4 rings (SSSR count). The lowest BCUT2D eigenvalue weighted by Gasteiger charge is -2.37. The Morgan fingerprint density at radius 3 is 2.68 bits per heavy atom. The van der Waals surface area contributed by atoms with Crippen molar-refractivity contribution in [3.05, 3.63) is 70.9 Å². The monoisotopic (exact) mass is 336 g/mol. The first-order valence-electron chi connectivity index (χ1n) is 8.25. The number of rotatable bonds is 3. The molecule has 3 heterocycles. The van der Waals surface area contributed by atoms with Gasteiger partial charge in [0.2, 0.25) is 0 Å². The summed E-state index contributed by atoms with van der Waals surface area (Å²) in [6.45, 7) is 4.39. The lowest BCUT2D eigenvalue weighted by molar-refractivity contribution is 0.0650. The third-order valence-corrected chi connectivity index (χ3v) is 4.77. The van der Waals surface area contributed by atoms with Crippen LogP contribution in [0.2, 0.25) is 0 Å². The number of para-hydroxylation sites is 1. The van der Waals surface area contributed by atoms with Gasteiger partial charge in [0.25, 0.3) is 5.91 Å². The second-order valence-corrected chi connectivity index (χ2v) is 6.31. The molecule has 0 spiro atoms. The highest BCUT2D eigenvalue weighted by atomic mass is 16.3. The van der Waals surface area contributed by atoms with Crippen LogP contribution in [0.1, 0.15) is 39.2 Å². The highest BCUT2D eigenvalue weighted by Crippen LogP contribution is 2.36. The Morgan fingerprint density at radius 2 is 2.00 bits per heavy atom. The predicted molar refractivity (Wildman–Crippen MR) is 94.1 cm³/mol. The zero-order valence-corrected chi connectivity index (χ0v) is 14.5. The molecule has 1 amide bonds. The van der Waals surface area contributed by atoms with E-state index in [1.54, 1.807) is 11.2 Å². The van der Waals surface area contributed by atoms with Crippen LogP contribution in [0.5, 0.6) is 0 Å². The first-order chi connectivity index (χ1) is 12.1. The summed E-state index contributed by atoms with van der Waals surface area (Å²) in [5, 5.41) is 8.02. The molecule has 0 saturated heterocycles. The molecule has 25 heavy (non-hydrogen) atoms. The molecule has 2 aromatic heterocycles. The minimum Gasteiger partial charge on any atom is -0.467 e. The van der Waals surface area contributed by atoms with Crippen LogP contribution >= 0.6 is 0 Å². The third kappa shape index (κ3) is 2.50. The van der Waals surface area contributed by atoms with Crippen LogP contribution in [0.4, 0.5) is 5.69 Å². The van der Waals surface area contributed by atoms with Gasteiger partial charge in [0.15, 0.2) is 0 Å². The topological polar surface area (TPSA) is 63.3 Å². The number of furan rings is 1. The van der Waals surface area contributed by atoms with Gasteiger partial charge in [-0.2, -0.15) is 5.10 Å². The quantitative estimate of drug-likeness (QED) is 0.796. The molecule has 0 aliphatic carbocycles. The Hall–Kier alpha value is -3.02. The zero-order valence-electron chi connectivity index (χ0n) is 14.5. The number of nitrogens with zero attached hydrogens (tertiary/aromatic N) is 3. The molecule has 3 aromatic rings. The molecule has 1 aliphatic rings. The summed E-state index contributed by atoms with van der Waals surface area (Å²) >= 11 is 0. The lowest BCUT2D eigenvalue weighted by atomic mass is 10.0. The second kappa shape index (κ2) is 5.81. The fourth-order valence-electron chi connectivity index (χ4n) is 3.44. The Labute approximate surface area is 146 Å². The summed E-state index contributed by atoms with van der Waals surface area (Å²) in [6, 6.07) is 11.3. The molecular formula is C19H20N4O2. The first kappa shape index (κ1) is 15.5. The Kier molecular flexibility index (Phi) is 3.60. The molecule has 0 fully saturated rings. The number of benzene rings is 1. The highest BCUT2D eigenvalue weighted by molar-refractivity contribution is 6.01. The van der Waals surface area contributed by atoms with E-state index in [0.29, 0.717) is 12.1 Å². The number of carbonyl (C=O) groups excluding carboxylic acids is 1. The van der Waals surface area contributed by atoms with Gasteiger partial charge in [-0.25, -0.2) is 0 Å². The van der Waals surface area contributed by atoms with Crippen molar-refractivity contribution in [2.75, 3.05) is 5.32 Å². The van der Waals surface area contributed by atoms with Crippen LogP contribution in [-0.4, -0.2) is 20.6 Å². The maximum Gasteiger partial charge on any atom is 0.258 e. The van der Waals surface area contributed by atoms with Gasteiger partial charge in [-0.3, -0.25) is 9.48 Å². The maximum absolute atomic E-state index is 13.2. The van der Waals surface area contributed by atoms with Gasteiger partial charge in [0, 0.05) is 24.0 Å². The number of fused-ring (bicyclic) bond motifs is 1. The normalized spacial score (nSPS) is 16.7. The van der Waals surface area contributed by atoms with Gasteiger partial charge in [-0.05, 0) is 38.1 Å². The third-order valence-electron chi connectivity index (χ3n) is 4.77. The average molecular weight is 336 g/mol. The van der Waals surface area contributed by atoms with E-state index in [-0.39, 0.29) is 12.1 Å². The number of hydrogen-bond donors (Lipinski definition) is 1. The van der Waals surface area contributed by atoms with Crippen LogP contribution in [0, 0.1) is 13.8 Å². The molecule has 0 saturated carbocycles. The number of hydrogen-bond acceptors (Lipinski definition) is 4. The zero-order chi connectivity index (χ0) is 17.6. The van der Waals surface area contributed by atoms with E-state index in [9.17, 15) is 4.79 Å². The van der Waals surface area contributed by atoms with Gasteiger partial charge in [0.05, 0.1) is 24.1 Å². The number of aromatic nitrogens is 2. The van der Waals surface area contributed by atoms with Gasteiger partial charge >= 0.3 is 0 Å². The van der Waals surface area contributed by atoms with E-state index in [0.717, 1.165) is 28.4 Å². The van der Waals surface area contributed by atoms with E-state index in [1.165, 1.54) is 0 Å². The molecule has 1 aromatic carbocycles. The van der Waals surface area contributed by atoms with Crippen LogP contribution in [0.3, 0.4) is 0 Å². The van der Waals surface area contributed by atoms with Crippen molar-refractivity contribution in [2.45, 2.75) is 26.6 Å². The van der Waals surface area contributed by atoms with Crippen LogP contribution in [0.25, 0.3) is 0 Å². The van der Waals surface area contributed by atoms with Gasteiger partial charge in [-0.15, -0.1) is 0 Å². The van der Waals surface area contributed by atoms with Gasteiger partial charge in [0.1, 0.15) is 11.9 Å². The highest BCUT2D eigenvalue weighted by Gasteiger charge is 2.36. The van der Waals surface area contributed by atoms with E-state index < -0.39 is 0 Å². The maximum atomic E-state index is 13.2. The number of anilines is 1. The van der Waals surface area contributed by atoms with Crippen molar-refractivity contribution < 1.29 is 9.21 Å². The fourth-order valence-corrected chi connectivity index (χ4v) is 3.44. The van der Waals surface area contributed by atoms with Gasteiger partial charge in [-0.1, -0.05) is 12.1 Å². The molecule has 0 radical (unpaired) electrons. The van der Waals surface area contributed by atoms with Crippen LogP contribution < -0.4 is 5.32 Å². The Bertz CT molecular complexity index is 927.